The zero-order valence-corrected chi connectivity index (χ0v) is 9.66. The molecule has 1 aromatic rings. The third kappa shape index (κ3) is 2.21. The molecule has 2 heterocycles. The van der Waals surface area contributed by atoms with Crippen LogP contribution in [0.4, 0.5) is 0 Å². The Labute approximate surface area is 94.4 Å². The van der Waals surface area contributed by atoms with E-state index >= 15 is 0 Å². The van der Waals surface area contributed by atoms with E-state index in [0.29, 0.717) is 13.0 Å². The average molecular weight is 223 g/mol. The molecular weight excluding hydrogens is 206 g/mol. The lowest BCUT2D eigenvalue weighted by molar-refractivity contribution is -0.124. The Morgan fingerprint density at radius 3 is 2.94 bits per heavy atom. The van der Waals surface area contributed by atoms with Gasteiger partial charge >= 0.3 is 0 Å². The van der Waals surface area contributed by atoms with Crippen LogP contribution in [0.3, 0.4) is 0 Å². The number of piperazine rings is 1. The molecule has 6 nitrogen and oxygen atoms in total. The van der Waals surface area contributed by atoms with Crippen molar-refractivity contribution in [2.24, 2.45) is 7.05 Å². The van der Waals surface area contributed by atoms with Crippen molar-refractivity contribution in [3.8, 4) is 0 Å². The van der Waals surface area contributed by atoms with Crippen molar-refractivity contribution >= 4 is 5.91 Å². The van der Waals surface area contributed by atoms with Gasteiger partial charge in [0.25, 0.3) is 0 Å². The van der Waals surface area contributed by atoms with E-state index in [4.69, 9.17) is 0 Å². The van der Waals surface area contributed by atoms with Gasteiger partial charge in [-0.1, -0.05) is 6.92 Å². The highest BCUT2D eigenvalue weighted by molar-refractivity contribution is 5.82. The molecule has 0 radical (unpaired) electrons. The van der Waals surface area contributed by atoms with Crippen molar-refractivity contribution in [2.45, 2.75) is 25.8 Å². The molecule has 0 saturated carbocycles. The van der Waals surface area contributed by atoms with Gasteiger partial charge in [0, 0.05) is 33.0 Å². The maximum atomic E-state index is 11.6. The van der Waals surface area contributed by atoms with Crippen LogP contribution in [0.2, 0.25) is 0 Å². The maximum absolute atomic E-state index is 11.6. The lowest BCUT2D eigenvalue weighted by Gasteiger charge is -2.22. The minimum atomic E-state index is -0.179. The number of hydrogen-bond acceptors (Lipinski definition) is 4. The van der Waals surface area contributed by atoms with E-state index in [1.54, 1.807) is 4.68 Å². The van der Waals surface area contributed by atoms with Gasteiger partial charge in [-0.05, 0) is 0 Å². The number of amides is 1. The molecule has 88 valence electrons. The highest BCUT2D eigenvalue weighted by Gasteiger charge is 2.23. The van der Waals surface area contributed by atoms with Crippen LogP contribution in [-0.2, 0) is 24.7 Å². The van der Waals surface area contributed by atoms with E-state index in [0.717, 1.165) is 24.6 Å². The summed E-state index contributed by atoms with van der Waals surface area (Å²) < 4.78 is 1.75. The maximum Gasteiger partial charge on any atom is 0.237 e. The Bertz CT molecular complexity index is 387. The first-order valence-corrected chi connectivity index (χ1v) is 5.60. The van der Waals surface area contributed by atoms with Gasteiger partial charge in [-0.15, -0.1) is 0 Å². The molecule has 1 aliphatic heterocycles. The smallest absolute Gasteiger partial charge is 0.237 e. The second-order valence-corrected chi connectivity index (χ2v) is 3.92. The Balaban J connectivity index is 2.07. The molecule has 1 aliphatic rings. The standard InChI is InChI=1S/C10H17N5O/c1-3-8-13-9(15(2)14-8)6-7-10(16)12-5-4-11-7/h7,11H,3-6H2,1-2H3,(H,12,16). The zero-order valence-electron chi connectivity index (χ0n) is 9.66. The van der Waals surface area contributed by atoms with Crippen molar-refractivity contribution in [1.29, 1.82) is 0 Å². The van der Waals surface area contributed by atoms with E-state index in [1.165, 1.54) is 0 Å². The van der Waals surface area contributed by atoms with Gasteiger partial charge in [0.05, 0.1) is 6.04 Å². The summed E-state index contributed by atoms with van der Waals surface area (Å²) in [7, 11) is 1.86. The summed E-state index contributed by atoms with van der Waals surface area (Å²) >= 11 is 0. The molecular formula is C10H17N5O. The molecule has 16 heavy (non-hydrogen) atoms. The van der Waals surface area contributed by atoms with Crippen molar-refractivity contribution in [3.05, 3.63) is 11.6 Å². The summed E-state index contributed by atoms with van der Waals surface area (Å²) in [6.07, 6.45) is 1.41. The summed E-state index contributed by atoms with van der Waals surface area (Å²) in [5.41, 5.74) is 0. The second-order valence-electron chi connectivity index (χ2n) is 3.92. The van der Waals surface area contributed by atoms with Gasteiger partial charge in [0.1, 0.15) is 5.82 Å². The van der Waals surface area contributed by atoms with Crippen molar-refractivity contribution in [3.63, 3.8) is 0 Å². The molecule has 1 fully saturated rings. The van der Waals surface area contributed by atoms with Gasteiger partial charge in [0.2, 0.25) is 5.91 Å². The lowest BCUT2D eigenvalue weighted by Crippen LogP contribution is -2.54. The number of hydrogen-bond donors (Lipinski definition) is 2. The second kappa shape index (κ2) is 4.61. The van der Waals surface area contributed by atoms with Crippen molar-refractivity contribution in [2.75, 3.05) is 13.1 Å². The molecule has 1 amide bonds. The zero-order chi connectivity index (χ0) is 11.5. The SMILES string of the molecule is CCc1nc(CC2NCCNC2=O)n(C)n1. The Morgan fingerprint density at radius 2 is 2.31 bits per heavy atom. The molecule has 1 saturated heterocycles. The first-order chi connectivity index (χ1) is 7.70. The predicted molar refractivity (Wildman–Crippen MR) is 58.9 cm³/mol. The van der Waals surface area contributed by atoms with Gasteiger partial charge in [-0.25, -0.2) is 4.98 Å². The number of nitrogens with one attached hydrogen (secondary N) is 2. The third-order valence-corrected chi connectivity index (χ3v) is 2.73. The first kappa shape index (κ1) is 11.1. The summed E-state index contributed by atoms with van der Waals surface area (Å²) in [6, 6.07) is -0.179. The number of nitrogens with zero attached hydrogens (tertiary/aromatic N) is 3. The first-order valence-electron chi connectivity index (χ1n) is 5.60. The molecule has 0 aliphatic carbocycles. The number of carbonyl (C=O) groups is 1. The topological polar surface area (TPSA) is 71.8 Å². The van der Waals surface area contributed by atoms with Gasteiger partial charge < -0.3 is 10.6 Å². The van der Waals surface area contributed by atoms with Crippen LogP contribution in [0.15, 0.2) is 0 Å². The van der Waals surface area contributed by atoms with E-state index < -0.39 is 0 Å². The minimum absolute atomic E-state index is 0.0484. The normalized spacial score (nSPS) is 20.9. The van der Waals surface area contributed by atoms with Crippen molar-refractivity contribution in [1.82, 2.24) is 25.4 Å². The third-order valence-electron chi connectivity index (χ3n) is 2.73. The van der Waals surface area contributed by atoms with Crippen LogP contribution in [-0.4, -0.2) is 39.8 Å². The highest BCUT2D eigenvalue weighted by atomic mass is 16.2. The molecule has 1 aromatic heterocycles. The Hall–Kier alpha value is -1.43. The van der Waals surface area contributed by atoms with Gasteiger partial charge in [-0.3, -0.25) is 9.48 Å². The molecule has 2 rings (SSSR count). The van der Waals surface area contributed by atoms with Crippen LogP contribution < -0.4 is 10.6 Å². The fourth-order valence-electron chi connectivity index (χ4n) is 1.80. The molecule has 1 unspecified atom stereocenters. The van der Waals surface area contributed by atoms with E-state index in [1.807, 2.05) is 14.0 Å². The monoisotopic (exact) mass is 223 g/mol. The number of rotatable bonds is 3. The number of carbonyl (C=O) groups excluding carboxylic acids is 1. The van der Waals surface area contributed by atoms with E-state index in [9.17, 15) is 4.79 Å². The van der Waals surface area contributed by atoms with Crippen LogP contribution in [0.5, 0.6) is 0 Å². The fraction of sp³-hybridized carbons (Fsp3) is 0.700. The molecule has 6 heteroatoms. The van der Waals surface area contributed by atoms with E-state index in [2.05, 4.69) is 20.7 Å². The minimum Gasteiger partial charge on any atom is -0.353 e. The Morgan fingerprint density at radius 1 is 1.50 bits per heavy atom. The van der Waals surface area contributed by atoms with Gasteiger partial charge in [0.15, 0.2) is 5.82 Å². The summed E-state index contributed by atoms with van der Waals surface area (Å²) in [6.45, 7) is 3.54. The average Bonchev–Trinajstić information content (AvgIpc) is 2.63. The van der Waals surface area contributed by atoms with Crippen LogP contribution in [0, 0.1) is 0 Å². The molecule has 0 aromatic carbocycles. The number of aryl methyl sites for hydroxylation is 2. The fourth-order valence-corrected chi connectivity index (χ4v) is 1.80. The Kier molecular flexibility index (Phi) is 3.19. The predicted octanol–water partition coefficient (Wildman–Crippen LogP) is -0.992. The number of aromatic nitrogens is 3. The van der Waals surface area contributed by atoms with Crippen LogP contribution >= 0.6 is 0 Å². The lowest BCUT2D eigenvalue weighted by atomic mass is 10.1. The molecule has 0 spiro atoms. The molecule has 1 atom stereocenters. The van der Waals surface area contributed by atoms with Gasteiger partial charge in [-0.2, -0.15) is 5.10 Å². The van der Waals surface area contributed by atoms with E-state index in [-0.39, 0.29) is 11.9 Å². The quantitative estimate of drug-likeness (QED) is 0.690. The highest BCUT2D eigenvalue weighted by Crippen LogP contribution is 2.03. The molecule has 2 N–H and O–H groups in total. The van der Waals surface area contributed by atoms with Crippen LogP contribution in [0.1, 0.15) is 18.6 Å². The summed E-state index contributed by atoms with van der Waals surface area (Å²) in [5, 5.41) is 10.3. The summed E-state index contributed by atoms with van der Waals surface area (Å²) in [5.74, 6) is 1.73. The molecule has 0 bridgehead atoms. The largest absolute Gasteiger partial charge is 0.353 e. The summed E-state index contributed by atoms with van der Waals surface area (Å²) in [4.78, 5) is 15.9. The van der Waals surface area contributed by atoms with Crippen molar-refractivity contribution < 1.29 is 4.79 Å². The van der Waals surface area contributed by atoms with Crippen LogP contribution in [0.25, 0.3) is 0 Å².